The van der Waals surface area contributed by atoms with Crippen LogP contribution in [0.2, 0.25) is 0 Å². The Balaban J connectivity index is 1.47. The van der Waals surface area contributed by atoms with Crippen LogP contribution in [0, 0.1) is 0 Å². The fraction of sp³-hybridized carbons (Fsp3) is 0.429. The minimum atomic E-state index is 0.640. The molecule has 0 fully saturated rings. The first-order valence-electron chi connectivity index (χ1n) is 7.52. The molecule has 0 bridgehead atoms. The summed E-state index contributed by atoms with van der Waals surface area (Å²) < 4.78 is 4.07. The Hall–Kier alpha value is -2.42. The summed E-state index contributed by atoms with van der Waals surface area (Å²) >= 11 is 1.63. The van der Waals surface area contributed by atoms with Gasteiger partial charge in [0.05, 0.1) is 12.2 Å². The summed E-state index contributed by atoms with van der Waals surface area (Å²) in [6, 6.07) is 0. The number of hydrogen-bond acceptors (Lipinski definition) is 5. The predicted molar refractivity (Wildman–Crippen MR) is 90.7 cm³/mol. The Kier molecular flexibility index (Phi) is 4.86. The van der Waals surface area contributed by atoms with Crippen LogP contribution in [0.3, 0.4) is 0 Å². The second-order valence-corrected chi connectivity index (χ2v) is 5.84. The van der Waals surface area contributed by atoms with Gasteiger partial charge in [-0.15, -0.1) is 21.5 Å². The summed E-state index contributed by atoms with van der Waals surface area (Å²) in [4.78, 5) is 9.77. The predicted octanol–water partition coefficient (Wildman–Crippen LogP) is 0.915. The van der Waals surface area contributed by atoms with Gasteiger partial charge >= 0.3 is 0 Å². The van der Waals surface area contributed by atoms with E-state index < -0.39 is 0 Å². The summed E-state index contributed by atoms with van der Waals surface area (Å²) in [7, 11) is 1.76. The SMILES string of the molecule is CCc1nncn1CCNC(=NC)NCc1cn2ccsc2n1. The van der Waals surface area contributed by atoms with Crippen molar-refractivity contribution in [3.63, 3.8) is 0 Å². The van der Waals surface area contributed by atoms with Crippen LogP contribution in [0.5, 0.6) is 0 Å². The van der Waals surface area contributed by atoms with Crippen LogP contribution in [-0.4, -0.2) is 43.7 Å². The highest BCUT2D eigenvalue weighted by atomic mass is 32.1. The van der Waals surface area contributed by atoms with Gasteiger partial charge in [0, 0.05) is 44.3 Å². The number of hydrogen-bond donors (Lipinski definition) is 2. The van der Waals surface area contributed by atoms with E-state index in [4.69, 9.17) is 0 Å². The van der Waals surface area contributed by atoms with Crippen LogP contribution in [-0.2, 0) is 19.5 Å². The highest BCUT2D eigenvalue weighted by molar-refractivity contribution is 7.15. The quantitative estimate of drug-likeness (QED) is 0.518. The van der Waals surface area contributed by atoms with E-state index >= 15 is 0 Å². The molecular formula is C14H20N8S. The van der Waals surface area contributed by atoms with E-state index in [1.54, 1.807) is 24.7 Å². The van der Waals surface area contributed by atoms with E-state index in [-0.39, 0.29) is 0 Å². The first kappa shape index (κ1) is 15.5. The third-order valence-electron chi connectivity index (χ3n) is 3.46. The molecule has 2 N–H and O–H groups in total. The Morgan fingerprint density at radius 1 is 1.39 bits per heavy atom. The molecule has 0 aliphatic carbocycles. The van der Waals surface area contributed by atoms with Gasteiger partial charge in [0.15, 0.2) is 10.9 Å². The third kappa shape index (κ3) is 3.67. The molecule has 0 saturated carbocycles. The second kappa shape index (κ2) is 7.23. The van der Waals surface area contributed by atoms with Crippen molar-refractivity contribution in [3.8, 4) is 0 Å². The second-order valence-electron chi connectivity index (χ2n) is 4.97. The summed E-state index contributed by atoms with van der Waals surface area (Å²) in [6.07, 6.45) is 6.67. The lowest BCUT2D eigenvalue weighted by molar-refractivity contribution is 0.632. The largest absolute Gasteiger partial charge is 0.355 e. The molecule has 0 amide bonds. The summed E-state index contributed by atoms with van der Waals surface area (Å²) in [5, 5.41) is 16.6. The van der Waals surface area contributed by atoms with Crippen molar-refractivity contribution < 1.29 is 0 Å². The fourth-order valence-electron chi connectivity index (χ4n) is 2.29. The number of aromatic nitrogens is 5. The van der Waals surface area contributed by atoms with E-state index in [9.17, 15) is 0 Å². The first-order valence-corrected chi connectivity index (χ1v) is 8.40. The van der Waals surface area contributed by atoms with Gasteiger partial charge in [-0.1, -0.05) is 6.92 Å². The third-order valence-corrected chi connectivity index (χ3v) is 4.23. The van der Waals surface area contributed by atoms with Gasteiger partial charge < -0.3 is 15.2 Å². The monoisotopic (exact) mass is 332 g/mol. The fourth-order valence-corrected chi connectivity index (χ4v) is 3.01. The van der Waals surface area contributed by atoms with Crippen molar-refractivity contribution in [2.24, 2.45) is 4.99 Å². The van der Waals surface area contributed by atoms with Crippen molar-refractivity contribution >= 4 is 22.3 Å². The van der Waals surface area contributed by atoms with E-state index in [1.807, 2.05) is 26.7 Å². The minimum absolute atomic E-state index is 0.640. The molecular weight excluding hydrogens is 312 g/mol. The maximum atomic E-state index is 4.54. The smallest absolute Gasteiger partial charge is 0.193 e. The zero-order valence-corrected chi connectivity index (χ0v) is 14.0. The van der Waals surface area contributed by atoms with Crippen LogP contribution in [0.25, 0.3) is 4.96 Å². The van der Waals surface area contributed by atoms with Crippen LogP contribution in [0.1, 0.15) is 18.4 Å². The number of guanidine groups is 1. The number of fused-ring (bicyclic) bond motifs is 1. The van der Waals surface area contributed by atoms with E-state index in [1.165, 1.54) is 0 Å². The van der Waals surface area contributed by atoms with Gasteiger partial charge in [0.1, 0.15) is 12.2 Å². The van der Waals surface area contributed by atoms with Gasteiger partial charge in [-0.05, 0) is 0 Å². The van der Waals surface area contributed by atoms with Gasteiger partial charge in [-0.2, -0.15) is 0 Å². The number of rotatable bonds is 6. The van der Waals surface area contributed by atoms with Crippen molar-refractivity contribution in [2.75, 3.05) is 13.6 Å². The lowest BCUT2D eigenvalue weighted by Gasteiger charge is -2.11. The molecule has 3 aromatic rings. The first-order chi connectivity index (χ1) is 11.3. The molecule has 0 unspecified atom stereocenters. The maximum absolute atomic E-state index is 4.54. The number of aryl methyl sites for hydroxylation is 1. The zero-order chi connectivity index (χ0) is 16.1. The zero-order valence-electron chi connectivity index (χ0n) is 13.2. The summed E-state index contributed by atoms with van der Waals surface area (Å²) in [5.74, 6) is 1.75. The molecule has 23 heavy (non-hydrogen) atoms. The highest BCUT2D eigenvalue weighted by Crippen LogP contribution is 2.10. The van der Waals surface area contributed by atoms with Gasteiger partial charge in [0.2, 0.25) is 0 Å². The normalized spacial score (nSPS) is 12.0. The van der Waals surface area contributed by atoms with Crippen molar-refractivity contribution in [1.29, 1.82) is 0 Å². The lowest BCUT2D eigenvalue weighted by atomic mass is 10.4. The number of thiazole rings is 1. The molecule has 3 aromatic heterocycles. The van der Waals surface area contributed by atoms with Crippen molar-refractivity contribution in [2.45, 2.75) is 26.4 Å². The van der Waals surface area contributed by atoms with Gasteiger partial charge in [0.25, 0.3) is 0 Å². The molecule has 0 aliphatic heterocycles. The van der Waals surface area contributed by atoms with Gasteiger partial charge in [-0.3, -0.25) is 9.39 Å². The molecule has 0 aromatic carbocycles. The van der Waals surface area contributed by atoms with Crippen LogP contribution in [0.15, 0.2) is 29.1 Å². The number of imidazole rings is 1. The maximum Gasteiger partial charge on any atom is 0.193 e. The molecule has 122 valence electrons. The Morgan fingerprint density at radius 2 is 2.30 bits per heavy atom. The van der Waals surface area contributed by atoms with E-state index in [2.05, 4.69) is 37.7 Å². The molecule has 0 aliphatic rings. The molecule has 3 heterocycles. The van der Waals surface area contributed by atoms with E-state index in [0.717, 1.165) is 41.9 Å². The Labute approximate surface area is 138 Å². The van der Waals surface area contributed by atoms with Crippen molar-refractivity contribution in [3.05, 3.63) is 35.6 Å². The molecule has 0 atom stereocenters. The van der Waals surface area contributed by atoms with Crippen LogP contribution in [0.4, 0.5) is 0 Å². The molecule has 8 nitrogen and oxygen atoms in total. The highest BCUT2D eigenvalue weighted by Gasteiger charge is 2.05. The number of nitrogens with zero attached hydrogens (tertiary/aromatic N) is 6. The van der Waals surface area contributed by atoms with Crippen LogP contribution < -0.4 is 10.6 Å². The molecule has 9 heteroatoms. The average Bonchev–Trinajstić information content (AvgIpc) is 3.25. The molecule has 0 radical (unpaired) electrons. The van der Waals surface area contributed by atoms with Crippen molar-refractivity contribution in [1.82, 2.24) is 34.8 Å². The lowest BCUT2D eigenvalue weighted by Crippen LogP contribution is -2.38. The molecule has 0 saturated heterocycles. The average molecular weight is 332 g/mol. The van der Waals surface area contributed by atoms with Gasteiger partial charge in [-0.25, -0.2) is 4.98 Å². The topological polar surface area (TPSA) is 84.4 Å². The molecule has 0 spiro atoms. The standard InChI is InChI=1S/C14H20N8S/c1-3-12-20-18-10-22(12)5-4-16-13(15-2)17-8-11-9-21-6-7-23-14(21)19-11/h6-7,9-10H,3-5,8H2,1-2H3,(H2,15,16,17). The summed E-state index contributed by atoms with van der Waals surface area (Å²) in [5.41, 5.74) is 0.992. The number of aliphatic imine (C=N–C) groups is 1. The Morgan fingerprint density at radius 3 is 3.09 bits per heavy atom. The minimum Gasteiger partial charge on any atom is -0.355 e. The number of nitrogens with one attached hydrogen (secondary N) is 2. The Bertz CT molecular complexity index is 755. The molecule has 3 rings (SSSR count). The van der Waals surface area contributed by atoms with Crippen LogP contribution >= 0.6 is 11.3 Å². The summed E-state index contributed by atoms with van der Waals surface area (Å²) in [6.45, 7) is 4.27. The van der Waals surface area contributed by atoms with E-state index in [0.29, 0.717) is 6.54 Å².